The van der Waals surface area contributed by atoms with Gasteiger partial charge in [-0.05, 0) is 6.07 Å². The normalized spacial score (nSPS) is 13.1. The zero-order valence-electron chi connectivity index (χ0n) is 30.8. The van der Waals surface area contributed by atoms with Crippen LogP contribution in [-0.2, 0) is 0 Å². The first-order chi connectivity index (χ1) is 28.3. The third kappa shape index (κ3) is 4.68. The molecule has 1 aliphatic heterocycles. The summed E-state index contributed by atoms with van der Waals surface area (Å²) in [4.78, 5) is 11.2. The van der Waals surface area contributed by atoms with E-state index in [0.29, 0.717) is 0 Å². The van der Waals surface area contributed by atoms with Crippen LogP contribution in [0.2, 0.25) is 0 Å². The number of aromatic nitrogens is 3. The molecule has 0 radical (unpaired) electrons. The summed E-state index contributed by atoms with van der Waals surface area (Å²) < 4.78 is 14.0. The molecule has 0 bridgehead atoms. The van der Waals surface area contributed by atoms with Crippen LogP contribution in [0.1, 0.15) is 0 Å². The average Bonchev–Trinajstić information content (AvgIpc) is 3.92. The summed E-state index contributed by atoms with van der Waals surface area (Å²) in [7, 11) is 0. The van der Waals surface area contributed by atoms with E-state index >= 15 is 0 Å². The van der Waals surface area contributed by atoms with Gasteiger partial charge in [0.15, 0.2) is 0 Å². The Morgan fingerprint density at radius 3 is 1.82 bits per heavy atom. The molecule has 4 nitrogen and oxygen atoms in total. The van der Waals surface area contributed by atoms with Gasteiger partial charge in [-0.15, -0.1) is 0 Å². The van der Waals surface area contributed by atoms with E-state index in [1.54, 1.807) is 0 Å². The van der Waals surface area contributed by atoms with E-state index < -0.39 is 13.3 Å². The SMILES string of the molecule is c1ccc(-c2nc(-c3ccc(-n4c5ccccc5c5cc6c(cc54)oc4ccccc46)cc3)n[c]3c2-c2cccc[c]2[Ge]3([c]2ccccc2)[c]2ccccc2)cc1. The van der Waals surface area contributed by atoms with Gasteiger partial charge in [0.2, 0.25) is 0 Å². The minimum absolute atomic E-state index is 0.736. The van der Waals surface area contributed by atoms with Crippen molar-refractivity contribution in [3.8, 4) is 39.5 Å². The van der Waals surface area contributed by atoms with Gasteiger partial charge in [0, 0.05) is 5.39 Å². The molecule has 0 aliphatic carbocycles. The molecule has 266 valence electrons. The third-order valence-corrected chi connectivity index (χ3v) is 21.8. The topological polar surface area (TPSA) is 43.9 Å². The predicted octanol–water partition coefficient (Wildman–Crippen LogP) is 10.2. The van der Waals surface area contributed by atoms with Gasteiger partial charge in [-0.2, -0.15) is 0 Å². The molecule has 0 unspecified atom stereocenters. The van der Waals surface area contributed by atoms with E-state index in [1.165, 1.54) is 34.1 Å². The summed E-state index contributed by atoms with van der Waals surface area (Å²) >= 11 is -3.65. The Bertz CT molecular complexity index is 3300. The third-order valence-electron chi connectivity index (χ3n) is 11.9. The first-order valence-corrected chi connectivity index (χ1v) is 23.6. The van der Waals surface area contributed by atoms with Crippen LogP contribution in [0.5, 0.6) is 0 Å². The molecule has 0 N–H and O–H groups in total. The number of furan rings is 1. The molecule has 5 heteroatoms. The number of fused-ring (bicyclic) bond motifs is 9. The second kappa shape index (κ2) is 12.5. The molecule has 0 spiro atoms. The standard InChI is InChI=1S/C52H33GeN3O/c1-4-16-34(17-5-1)50-49-41-24-10-13-25-44(41)53(36-18-6-2-7-19-36,37-20-8-3-9-21-37)51(49)55-52(54-50)35-28-30-38(31-29-35)56-45-26-14-11-22-39(45)42-32-43-40-23-12-15-27-47(40)57-48(43)33-46(42)56/h1-33H. The van der Waals surface area contributed by atoms with Gasteiger partial charge in [-0.1, -0.05) is 18.2 Å². The van der Waals surface area contributed by atoms with Crippen molar-refractivity contribution in [2.75, 3.05) is 0 Å². The van der Waals surface area contributed by atoms with Crippen LogP contribution >= 0.6 is 0 Å². The Labute approximate surface area is 331 Å². The van der Waals surface area contributed by atoms with E-state index in [2.05, 4.69) is 193 Å². The molecular formula is C52H33GeN3O. The number of nitrogens with zero attached hydrogens (tertiary/aromatic N) is 3. The molecule has 11 aromatic rings. The van der Waals surface area contributed by atoms with E-state index in [4.69, 9.17) is 14.4 Å². The van der Waals surface area contributed by atoms with Crippen molar-refractivity contribution in [1.82, 2.24) is 14.5 Å². The van der Waals surface area contributed by atoms with Gasteiger partial charge in [-0.3, -0.25) is 0 Å². The molecular weight excluding hydrogens is 755 g/mol. The van der Waals surface area contributed by atoms with Gasteiger partial charge in [-0.25, -0.2) is 0 Å². The van der Waals surface area contributed by atoms with Crippen molar-refractivity contribution in [2.45, 2.75) is 0 Å². The summed E-state index contributed by atoms with van der Waals surface area (Å²) in [5.74, 6) is 0.736. The van der Waals surface area contributed by atoms with Crippen LogP contribution in [0, 0.1) is 0 Å². The van der Waals surface area contributed by atoms with Crippen LogP contribution in [-0.4, -0.2) is 27.8 Å². The molecule has 3 aromatic heterocycles. The second-order valence-electron chi connectivity index (χ2n) is 14.9. The molecule has 1 aliphatic rings. The summed E-state index contributed by atoms with van der Waals surface area (Å²) in [5, 5.41) is 4.68. The fourth-order valence-corrected chi connectivity index (χ4v) is 19.9. The fourth-order valence-electron chi connectivity index (χ4n) is 9.43. The van der Waals surface area contributed by atoms with E-state index in [-0.39, 0.29) is 0 Å². The Balaban J connectivity index is 1.09. The molecule has 12 rings (SSSR count). The van der Waals surface area contributed by atoms with E-state index in [1.807, 2.05) is 12.1 Å². The van der Waals surface area contributed by atoms with E-state index in [9.17, 15) is 0 Å². The Morgan fingerprint density at radius 2 is 1.07 bits per heavy atom. The first kappa shape index (κ1) is 32.2. The number of benzene rings is 8. The summed E-state index contributed by atoms with van der Waals surface area (Å²) in [6, 6.07) is 72.1. The fraction of sp³-hybridized carbons (Fsp3) is 0. The molecule has 4 heterocycles. The number of rotatable bonds is 5. The monoisotopic (exact) mass is 789 g/mol. The van der Waals surface area contributed by atoms with Crippen molar-refractivity contribution >= 4 is 74.7 Å². The van der Waals surface area contributed by atoms with Gasteiger partial charge >= 0.3 is 298 Å². The van der Waals surface area contributed by atoms with Gasteiger partial charge in [0.25, 0.3) is 0 Å². The summed E-state index contributed by atoms with van der Waals surface area (Å²) in [6.07, 6.45) is 0. The van der Waals surface area contributed by atoms with E-state index in [0.717, 1.165) is 66.9 Å². The van der Waals surface area contributed by atoms with Crippen LogP contribution in [0.15, 0.2) is 205 Å². The minimum atomic E-state index is -3.65. The predicted molar refractivity (Wildman–Crippen MR) is 237 cm³/mol. The van der Waals surface area contributed by atoms with Crippen LogP contribution in [0.4, 0.5) is 0 Å². The van der Waals surface area contributed by atoms with Crippen molar-refractivity contribution in [3.05, 3.63) is 200 Å². The van der Waals surface area contributed by atoms with Crippen molar-refractivity contribution in [2.24, 2.45) is 0 Å². The van der Waals surface area contributed by atoms with Crippen molar-refractivity contribution in [3.63, 3.8) is 0 Å². The quantitative estimate of drug-likeness (QED) is 0.163. The Morgan fingerprint density at radius 1 is 0.439 bits per heavy atom. The summed E-state index contributed by atoms with van der Waals surface area (Å²) in [6.45, 7) is 0. The Kier molecular flexibility index (Phi) is 7.07. The molecule has 0 amide bonds. The van der Waals surface area contributed by atoms with Gasteiger partial charge < -0.3 is 0 Å². The molecule has 8 aromatic carbocycles. The van der Waals surface area contributed by atoms with Gasteiger partial charge in [0.1, 0.15) is 5.58 Å². The average molecular weight is 788 g/mol. The maximum atomic E-state index is 6.39. The first-order valence-electron chi connectivity index (χ1n) is 19.4. The van der Waals surface area contributed by atoms with Crippen molar-refractivity contribution in [1.29, 1.82) is 0 Å². The second-order valence-corrected chi connectivity index (χ2v) is 22.6. The number of hydrogen-bond acceptors (Lipinski definition) is 3. The molecule has 0 saturated carbocycles. The maximum absolute atomic E-state index is 6.39. The van der Waals surface area contributed by atoms with Crippen molar-refractivity contribution < 1.29 is 4.42 Å². The molecule has 57 heavy (non-hydrogen) atoms. The number of hydrogen-bond donors (Lipinski definition) is 0. The molecule has 0 atom stereocenters. The van der Waals surface area contributed by atoms with Gasteiger partial charge in [0.05, 0.1) is 0 Å². The van der Waals surface area contributed by atoms with Crippen LogP contribution in [0.3, 0.4) is 0 Å². The zero-order chi connectivity index (χ0) is 37.5. The molecule has 0 saturated heterocycles. The zero-order valence-corrected chi connectivity index (χ0v) is 32.9. The summed E-state index contributed by atoms with van der Waals surface area (Å²) in [5.41, 5.74) is 10.6. The number of para-hydroxylation sites is 2. The Hall–Kier alpha value is -7.02. The van der Waals surface area contributed by atoms with Crippen LogP contribution < -0.4 is 17.7 Å². The molecule has 0 fully saturated rings. The van der Waals surface area contributed by atoms with Crippen LogP contribution in [0.25, 0.3) is 83.2 Å².